The smallest absolute Gasteiger partial charge is 0.0831 e. The fraction of sp³-hybridized carbons (Fsp3) is 0.812. The van der Waals surface area contributed by atoms with Crippen molar-refractivity contribution < 1.29 is 4.74 Å². The van der Waals surface area contributed by atoms with Crippen LogP contribution in [0.2, 0.25) is 0 Å². The Morgan fingerprint density at radius 1 is 1.40 bits per heavy atom. The van der Waals surface area contributed by atoms with E-state index >= 15 is 0 Å². The number of methoxy groups -OCH3 is 1. The van der Waals surface area contributed by atoms with Crippen molar-refractivity contribution in [2.24, 2.45) is 7.05 Å². The lowest BCUT2D eigenvalue weighted by molar-refractivity contribution is -0.0688. The number of nitrogens with zero attached hydrogens (tertiary/aromatic N) is 2. The molecule has 114 valence electrons. The molecule has 20 heavy (non-hydrogen) atoms. The molecule has 1 aliphatic rings. The summed E-state index contributed by atoms with van der Waals surface area (Å²) in [5.41, 5.74) is 1.36. The zero-order valence-electron chi connectivity index (χ0n) is 13.2. The molecule has 0 spiro atoms. The van der Waals surface area contributed by atoms with E-state index in [9.17, 15) is 0 Å². The van der Waals surface area contributed by atoms with Crippen molar-refractivity contribution in [3.63, 3.8) is 0 Å². The Balaban J connectivity index is 2.00. The van der Waals surface area contributed by atoms with Crippen LogP contribution in [-0.2, 0) is 18.2 Å². The SMILES string of the molecule is CCNC(CCc1cnn(C)c1)C1(OC)CCCCC1. The number of rotatable bonds is 7. The molecule has 1 atom stereocenters. The topological polar surface area (TPSA) is 39.1 Å². The molecule has 1 aliphatic carbocycles. The molecule has 1 saturated carbocycles. The van der Waals surface area contributed by atoms with Gasteiger partial charge in [0.05, 0.1) is 11.8 Å². The van der Waals surface area contributed by atoms with Crippen LogP contribution in [0.3, 0.4) is 0 Å². The second-order valence-electron chi connectivity index (χ2n) is 6.00. The molecular weight excluding hydrogens is 250 g/mol. The van der Waals surface area contributed by atoms with Gasteiger partial charge in [0.1, 0.15) is 0 Å². The Hall–Kier alpha value is -0.870. The first kappa shape index (κ1) is 15.5. The maximum Gasteiger partial charge on any atom is 0.0831 e. The molecule has 4 heteroatoms. The van der Waals surface area contributed by atoms with Crippen LogP contribution in [-0.4, -0.2) is 35.1 Å². The van der Waals surface area contributed by atoms with Crippen molar-refractivity contribution in [1.29, 1.82) is 0 Å². The summed E-state index contributed by atoms with van der Waals surface area (Å²) in [6.07, 6.45) is 12.6. The van der Waals surface area contributed by atoms with Gasteiger partial charge in [-0.05, 0) is 37.8 Å². The molecule has 1 unspecified atom stereocenters. The first-order chi connectivity index (χ1) is 9.70. The van der Waals surface area contributed by atoms with Crippen LogP contribution in [0.5, 0.6) is 0 Å². The number of likely N-dealkylation sites (N-methyl/N-ethyl adjacent to an activating group) is 1. The molecule has 0 amide bonds. The van der Waals surface area contributed by atoms with Crippen molar-refractivity contribution in [2.75, 3.05) is 13.7 Å². The van der Waals surface area contributed by atoms with E-state index in [1.165, 1.54) is 37.7 Å². The van der Waals surface area contributed by atoms with Crippen molar-refractivity contribution in [2.45, 2.75) is 63.5 Å². The van der Waals surface area contributed by atoms with Crippen molar-refractivity contribution in [3.05, 3.63) is 18.0 Å². The van der Waals surface area contributed by atoms with Crippen molar-refractivity contribution in [3.8, 4) is 0 Å². The number of hydrogen-bond donors (Lipinski definition) is 1. The Kier molecular flexibility index (Phi) is 5.61. The minimum Gasteiger partial charge on any atom is -0.377 e. The van der Waals surface area contributed by atoms with Gasteiger partial charge in [-0.1, -0.05) is 26.2 Å². The zero-order valence-corrected chi connectivity index (χ0v) is 13.2. The predicted octanol–water partition coefficient (Wildman–Crippen LogP) is 2.68. The van der Waals surface area contributed by atoms with Gasteiger partial charge in [-0.25, -0.2) is 0 Å². The molecule has 4 nitrogen and oxygen atoms in total. The first-order valence-electron chi connectivity index (χ1n) is 7.96. The molecule has 0 saturated heterocycles. The molecule has 0 aliphatic heterocycles. The Labute approximate surface area is 122 Å². The number of hydrogen-bond acceptors (Lipinski definition) is 3. The lowest BCUT2D eigenvalue weighted by Crippen LogP contribution is -2.53. The number of aromatic nitrogens is 2. The maximum atomic E-state index is 6.00. The standard InChI is InChI=1S/C16H29N3O/c1-4-17-15(9-8-14-12-18-19(2)13-14)16(20-3)10-6-5-7-11-16/h12-13,15,17H,4-11H2,1-3H3. The summed E-state index contributed by atoms with van der Waals surface area (Å²) in [4.78, 5) is 0. The van der Waals surface area contributed by atoms with Crippen molar-refractivity contribution >= 4 is 0 Å². The van der Waals surface area contributed by atoms with Gasteiger partial charge in [-0.15, -0.1) is 0 Å². The van der Waals surface area contributed by atoms with Crippen LogP contribution in [0.1, 0.15) is 51.0 Å². The third-order valence-corrected chi connectivity index (χ3v) is 4.67. The molecule has 0 radical (unpaired) electrons. The van der Waals surface area contributed by atoms with Gasteiger partial charge in [-0.3, -0.25) is 4.68 Å². The second kappa shape index (κ2) is 7.23. The summed E-state index contributed by atoms with van der Waals surface area (Å²) < 4.78 is 7.88. The van der Waals surface area contributed by atoms with Gasteiger partial charge in [-0.2, -0.15) is 5.10 Å². The number of aryl methyl sites for hydroxylation is 2. The van der Waals surface area contributed by atoms with E-state index in [0.29, 0.717) is 6.04 Å². The largest absolute Gasteiger partial charge is 0.377 e. The van der Waals surface area contributed by atoms with Crippen LogP contribution in [0.25, 0.3) is 0 Å². The average Bonchev–Trinajstić information content (AvgIpc) is 2.90. The van der Waals surface area contributed by atoms with Crippen LogP contribution in [0.4, 0.5) is 0 Å². The summed E-state index contributed by atoms with van der Waals surface area (Å²) in [6.45, 7) is 3.19. The van der Waals surface area contributed by atoms with E-state index in [-0.39, 0.29) is 5.60 Å². The summed E-state index contributed by atoms with van der Waals surface area (Å²) in [7, 11) is 3.86. The molecule has 2 rings (SSSR count). The molecular formula is C16H29N3O. The quantitative estimate of drug-likeness (QED) is 0.834. The third-order valence-electron chi connectivity index (χ3n) is 4.67. The van der Waals surface area contributed by atoms with Crippen LogP contribution in [0.15, 0.2) is 12.4 Å². The van der Waals surface area contributed by atoms with E-state index < -0.39 is 0 Å². The molecule has 0 bridgehead atoms. The highest BCUT2D eigenvalue weighted by molar-refractivity contribution is 5.06. The van der Waals surface area contributed by atoms with Gasteiger partial charge in [0.15, 0.2) is 0 Å². The van der Waals surface area contributed by atoms with Crippen molar-refractivity contribution in [1.82, 2.24) is 15.1 Å². The highest BCUT2D eigenvalue weighted by Gasteiger charge is 2.39. The summed E-state index contributed by atoms with van der Waals surface area (Å²) >= 11 is 0. The van der Waals surface area contributed by atoms with E-state index in [4.69, 9.17) is 4.74 Å². The molecule has 1 aromatic heterocycles. The Morgan fingerprint density at radius 3 is 2.70 bits per heavy atom. The Morgan fingerprint density at radius 2 is 2.15 bits per heavy atom. The summed E-state index contributed by atoms with van der Waals surface area (Å²) in [5, 5.41) is 7.92. The second-order valence-corrected chi connectivity index (χ2v) is 6.00. The third kappa shape index (κ3) is 3.61. The first-order valence-corrected chi connectivity index (χ1v) is 7.96. The number of nitrogens with one attached hydrogen (secondary N) is 1. The van der Waals surface area contributed by atoms with Crippen LogP contribution >= 0.6 is 0 Å². The maximum absolute atomic E-state index is 6.00. The van der Waals surface area contributed by atoms with Gasteiger partial charge >= 0.3 is 0 Å². The normalized spacial score (nSPS) is 19.9. The fourth-order valence-electron chi connectivity index (χ4n) is 3.55. The molecule has 1 N–H and O–H groups in total. The van der Waals surface area contributed by atoms with E-state index in [2.05, 4.69) is 23.5 Å². The molecule has 1 aromatic rings. The number of ether oxygens (including phenoxy) is 1. The zero-order chi connectivity index (χ0) is 14.4. The lowest BCUT2D eigenvalue weighted by Gasteiger charge is -2.43. The van der Waals surface area contributed by atoms with E-state index in [1.807, 2.05) is 25.0 Å². The average molecular weight is 279 g/mol. The van der Waals surface area contributed by atoms with Gasteiger partial charge in [0, 0.05) is 26.4 Å². The highest BCUT2D eigenvalue weighted by atomic mass is 16.5. The Bertz CT molecular complexity index is 396. The minimum absolute atomic E-state index is 0.0382. The fourth-order valence-corrected chi connectivity index (χ4v) is 3.55. The summed E-state index contributed by atoms with van der Waals surface area (Å²) in [6, 6.07) is 0.443. The monoisotopic (exact) mass is 279 g/mol. The summed E-state index contributed by atoms with van der Waals surface area (Å²) in [5.74, 6) is 0. The van der Waals surface area contributed by atoms with Crippen LogP contribution < -0.4 is 5.32 Å². The van der Waals surface area contributed by atoms with Crippen LogP contribution in [0, 0.1) is 0 Å². The van der Waals surface area contributed by atoms with E-state index in [0.717, 1.165) is 19.4 Å². The molecule has 1 fully saturated rings. The highest BCUT2D eigenvalue weighted by Crippen LogP contribution is 2.35. The molecule has 1 heterocycles. The van der Waals surface area contributed by atoms with Gasteiger partial charge in [0.25, 0.3) is 0 Å². The van der Waals surface area contributed by atoms with Gasteiger partial charge in [0.2, 0.25) is 0 Å². The van der Waals surface area contributed by atoms with E-state index in [1.54, 1.807) is 0 Å². The molecule has 0 aromatic carbocycles. The van der Waals surface area contributed by atoms with Gasteiger partial charge < -0.3 is 10.1 Å². The lowest BCUT2D eigenvalue weighted by atomic mass is 9.77. The minimum atomic E-state index is 0.0382. The predicted molar refractivity (Wildman–Crippen MR) is 81.8 cm³/mol.